The van der Waals surface area contributed by atoms with E-state index in [-0.39, 0.29) is 5.78 Å². The molecule has 0 saturated heterocycles. The summed E-state index contributed by atoms with van der Waals surface area (Å²) in [4.78, 5) is 12.1. The Morgan fingerprint density at radius 2 is 1.79 bits per heavy atom. The minimum Gasteiger partial charge on any atom is -0.294 e. The van der Waals surface area contributed by atoms with Crippen molar-refractivity contribution >= 4 is 39.3 Å². The Hall–Kier alpha value is -1.32. The topological polar surface area (TPSA) is 17.1 Å². The number of halogens is 1. The number of thiocarbonyl (C=S) groups is 1. The number of benzene rings is 2. The van der Waals surface area contributed by atoms with Gasteiger partial charge in [0, 0.05) is 21.8 Å². The molecule has 0 aliphatic rings. The van der Waals surface area contributed by atoms with Crippen molar-refractivity contribution in [3.8, 4) is 0 Å². The zero-order valence-corrected chi connectivity index (χ0v) is 12.7. The molecule has 0 unspecified atom stereocenters. The molecule has 0 radical (unpaired) electrons. The van der Waals surface area contributed by atoms with Gasteiger partial charge in [0.05, 0.1) is 0 Å². The molecule has 0 fully saturated rings. The number of carbonyl (C=O) groups is 1. The van der Waals surface area contributed by atoms with Crippen LogP contribution in [0.1, 0.15) is 27.9 Å². The van der Waals surface area contributed by atoms with Crippen molar-refractivity contribution in [2.75, 3.05) is 0 Å². The average Bonchev–Trinajstić information content (AvgIpc) is 2.45. The zero-order valence-electron chi connectivity index (χ0n) is 10.3. The maximum atomic E-state index is 12.1. The van der Waals surface area contributed by atoms with Gasteiger partial charge in [-0.25, -0.2) is 0 Å². The summed E-state index contributed by atoms with van der Waals surface area (Å²) in [5.41, 5.74) is 2.91. The molecule has 0 spiro atoms. The molecule has 0 aliphatic carbocycles. The van der Waals surface area contributed by atoms with Gasteiger partial charge >= 0.3 is 0 Å². The maximum Gasteiger partial charge on any atom is 0.163 e. The second-order valence-corrected chi connectivity index (χ2v) is 5.40. The van der Waals surface area contributed by atoms with E-state index in [4.69, 9.17) is 12.2 Å². The molecule has 2 aromatic rings. The Balaban J connectivity index is 2.04. The van der Waals surface area contributed by atoms with Crippen LogP contribution in [0.5, 0.6) is 0 Å². The molecule has 0 amide bonds. The lowest BCUT2D eigenvalue weighted by atomic mass is 10.00. The number of hydrogen-bond acceptors (Lipinski definition) is 2. The van der Waals surface area contributed by atoms with E-state index in [1.807, 2.05) is 48.5 Å². The van der Waals surface area contributed by atoms with Crippen LogP contribution in [0.25, 0.3) is 0 Å². The van der Waals surface area contributed by atoms with E-state index in [0.29, 0.717) is 6.42 Å². The summed E-state index contributed by atoms with van der Waals surface area (Å²) < 4.78 is 0.982. The SMILES string of the molecule is O=C(CCc1ccccc1C=S)c1ccc(Br)cc1. The van der Waals surface area contributed by atoms with Gasteiger partial charge in [-0.15, -0.1) is 0 Å². The lowest BCUT2D eigenvalue weighted by Crippen LogP contribution is -2.02. The van der Waals surface area contributed by atoms with Crippen molar-refractivity contribution in [2.45, 2.75) is 12.8 Å². The predicted molar refractivity (Wildman–Crippen MR) is 86.0 cm³/mol. The Bertz CT molecular complexity index is 590. The molecule has 0 saturated carbocycles. The van der Waals surface area contributed by atoms with Gasteiger partial charge in [0.2, 0.25) is 0 Å². The normalized spacial score (nSPS) is 10.2. The van der Waals surface area contributed by atoms with Crippen LogP contribution in [-0.4, -0.2) is 11.2 Å². The van der Waals surface area contributed by atoms with Gasteiger partial charge in [-0.1, -0.05) is 64.5 Å². The van der Waals surface area contributed by atoms with Crippen LogP contribution < -0.4 is 0 Å². The molecule has 2 aromatic carbocycles. The Kier molecular flexibility index (Phi) is 5.00. The number of ketones is 1. The largest absolute Gasteiger partial charge is 0.294 e. The van der Waals surface area contributed by atoms with E-state index in [2.05, 4.69) is 15.9 Å². The van der Waals surface area contributed by atoms with Crippen molar-refractivity contribution in [1.82, 2.24) is 0 Å². The molecule has 2 rings (SSSR count). The molecule has 0 atom stereocenters. The number of rotatable bonds is 5. The highest BCUT2D eigenvalue weighted by atomic mass is 79.9. The summed E-state index contributed by atoms with van der Waals surface area (Å²) in [6.45, 7) is 0. The van der Waals surface area contributed by atoms with Gasteiger partial charge in [0.25, 0.3) is 0 Å². The minimum atomic E-state index is 0.159. The molecule has 0 heterocycles. The number of aryl methyl sites for hydroxylation is 1. The van der Waals surface area contributed by atoms with Gasteiger partial charge in [-0.3, -0.25) is 4.79 Å². The molecular formula is C16H13BrOS. The first-order chi connectivity index (χ1) is 9.20. The van der Waals surface area contributed by atoms with Crippen molar-refractivity contribution in [3.63, 3.8) is 0 Å². The molecule has 96 valence electrons. The third-order valence-electron chi connectivity index (χ3n) is 2.97. The first kappa shape index (κ1) is 14.1. The van der Waals surface area contributed by atoms with E-state index < -0.39 is 0 Å². The van der Waals surface area contributed by atoms with E-state index in [1.165, 1.54) is 0 Å². The van der Waals surface area contributed by atoms with Crippen LogP contribution in [0.3, 0.4) is 0 Å². The van der Waals surface area contributed by atoms with Gasteiger partial charge in [0.1, 0.15) is 0 Å². The van der Waals surface area contributed by atoms with Gasteiger partial charge < -0.3 is 0 Å². The molecule has 3 heteroatoms. The molecule has 0 aliphatic heterocycles. The monoisotopic (exact) mass is 332 g/mol. The first-order valence-electron chi connectivity index (χ1n) is 6.02. The van der Waals surface area contributed by atoms with E-state index in [0.717, 1.165) is 27.6 Å². The Morgan fingerprint density at radius 3 is 2.47 bits per heavy atom. The Labute approximate surface area is 126 Å². The molecule has 0 aromatic heterocycles. The van der Waals surface area contributed by atoms with Crippen LogP contribution in [0, 0.1) is 0 Å². The average molecular weight is 333 g/mol. The maximum absolute atomic E-state index is 12.1. The molecule has 0 N–H and O–H groups in total. The van der Waals surface area contributed by atoms with E-state index >= 15 is 0 Å². The lowest BCUT2D eigenvalue weighted by Gasteiger charge is -2.05. The van der Waals surface area contributed by atoms with E-state index in [1.54, 1.807) is 5.37 Å². The van der Waals surface area contributed by atoms with Gasteiger partial charge in [-0.2, -0.15) is 0 Å². The first-order valence-corrected chi connectivity index (χ1v) is 7.29. The van der Waals surface area contributed by atoms with Gasteiger partial charge in [0.15, 0.2) is 5.78 Å². The predicted octanol–water partition coefficient (Wildman–Crippen LogP) is 4.61. The third-order valence-corrected chi connectivity index (χ3v) is 3.75. The number of Topliss-reactive ketones (excluding diaryl/α,β-unsaturated/α-hetero) is 1. The fourth-order valence-corrected chi connectivity index (χ4v) is 2.40. The number of hydrogen-bond donors (Lipinski definition) is 0. The van der Waals surface area contributed by atoms with Crippen LogP contribution >= 0.6 is 28.1 Å². The molecule has 1 nitrogen and oxygen atoms in total. The fraction of sp³-hybridized carbons (Fsp3) is 0.125. The second-order valence-electron chi connectivity index (χ2n) is 4.25. The van der Waals surface area contributed by atoms with E-state index in [9.17, 15) is 4.79 Å². The lowest BCUT2D eigenvalue weighted by molar-refractivity contribution is 0.0983. The van der Waals surface area contributed by atoms with Crippen LogP contribution in [-0.2, 0) is 6.42 Å². The fourth-order valence-electron chi connectivity index (χ4n) is 1.91. The highest BCUT2D eigenvalue weighted by Crippen LogP contribution is 2.14. The summed E-state index contributed by atoms with van der Waals surface area (Å²) in [5.74, 6) is 0.159. The summed E-state index contributed by atoms with van der Waals surface area (Å²) >= 11 is 8.34. The second kappa shape index (κ2) is 6.73. The van der Waals surface area contributed by atoms with Crippen molar-refractivity contribution in [1.29, 1.82) is 0 Å². The third kappa shape index (κ3) is 3.82. The number of carbonyl (C=O) groups excluding carboxylic acids is 1. The standard InChI is InChI=1S/C16H13BrOS/c17-15-8-5-13(6-9-15)16(18)10-7-12-3-1-2-4-14(12)11-19/h1-6,8-9,11H,7,10H2. The summed E-state index contributed by atoms with van der Waals surface area (Å²) in [6, 6.07) is 15.4. The van der Waals surface area contributed by atoms with Crippen LogP contribution in [0.2, 0.25) is 0 Å². The highest BCUT2D eigenvalue weighted by molar-refractivity contribution is 9.10. The van der Waals surface area contributed by atoms with Crippen molar-refractivity contribution in [2.24, 2.45) is 0 Å². The minimum absolute atomic E-state index is 0.159. The quantitative estimate of drug-likeness (QED) is 0.587. The summed E-state index contributed by atoms with van der Waals surface area (Å²) in [7, 11) is 0. The smallest absolute Gasteiger partial charge is 0.163 e. The molecule has 19 heavy (non-hydrogen) atoms. The van der Waals surface area contributed by atoms with Crippen molar-refractivity contribution in [3.05, 3.63) is 69.7 Å². The van der Waals surface area contributed by atoms with Crippen molar-refractivity contribution < 1.29 is 4.79 Å². The summed E-state index contributed by atoms with van der Waals surface area (Å²) in [5, 5.41) is 1.67. The zero-order chi connectivity index (χ0) is 13.7. The van der Waals surface area contributed by atoms with Gasteiger partial charge in [-0.05, 0) is 29.7 Å². The molecule has 0 bridgehead atoms. The summed E-state index contributed by atoms with van der Waals surface area (Å²) in [6.07, 6.45) is 1.22. The van der Waals surface area contributed by atoms with Crippen LogP contribution in [0.4, 0.5) is 0 Å². The highest BCUT2D eigenvalue weighted by Gasteiger charge is 2.07. The molecular weight excluding hydrogens is 320 g/mol. The van der Waals surface area contributed by atoms with Crippen LogP contribution in [0.15, 0.2) is 53.0 Å². The Morgan fingerprint density at radius 1 is 1.11 bits per heavy atom.